The third kappa shape index (κ3) is 5.94. The van der Waals surface area contributed by atoms with E-state index in [2.05, 4.69) is 0 Å². The van der Waals surface area contributed by atoms with Crippen LogP contribution >= 0.6 is 0 Å². The molecule has 0 atom stereocenters. The number of nitrogens with zero attached hydrogens (tertiary/aromatic N) is 1. The quantitative estimate of drug-likeness (QED) is 0.660. The zero-order valence-corrected chi connectivity index (χ0v) is 14.8. The van der Waals surface area contributed by atoms with Crippen molar-refractivity contribution in [3.8, 4) is 11.5 Å². The number of hydrogen-bond donors (Lipinski definition) is 0. The van der Waals surface area contributed by atoms with E-state index < -0.39 is 0 Å². The van der Waals surface area contributed by atoms with Gasteiger partial charge in [-0.3, -0.25) is 9.59 Å². The molecule has 7 nitrogen and oxygen atoms in total. The number of carbonyl (C=O) groups excluding carboxylic acids is 2. The number of morpholine rings is 1. The highest BCUT2D eigenvalue weighted by Crippen LogP contribution is 2.28. The number of esters is 1. The molecule has 1 amide bonds. The Balaban J connectivity index is 1.91. The molecule has 25 heavy (non-hydrogen) atoms. The predicted molar refractivity (Wildman–Crippen MR) is 90.8 cm³/mol. The Morgan fingerprint density at radius 1 is 1.20 bits per heavy atom. The third-order valence-corrected chi connectivity index (χ3v) is 3.76. The average molecular weight is 351 g/mol. The second-order valence-corrected chi connectivity index (χ2v) is 5.66. The standard InChI is InChI=1S/C18H25NO6/c1-3-8-24-18(21)12-14-4-5-15(16(11-14)22-2)25-13-17(20)19-6-9-23-10-7-19/h4-5,11H,3,6-10,12-13H2,1-2H3. The molecular weight excluding hydrogens is 326 g/mol. The van der Waals surface area contributed by atoms with E-state index in [1.165, 1.54) is 7.11 Å². The van der Waals surface area contributed by atoms with Gasteiger partial charge in [0.05, 0.1) is 33.4 Å². The van der Waals surface area contributed by atoms with Gasteiger partial charge in [0, 0.05) is 13.1 Å². The highest BCUT2D eigenvalue weighted by Gasteiger charge is 2.18. The van der Waals surface area contributed by atoms with E-state index in [-0.39, 0.29) is 24.9 Å². The molecule has 0 radical (unpaired) electrons. The number of benzene rings is 1. The van der Waals surface area contributed by atoms with Gasteiger partial charge in [0.15, 0.2) is 18.1 Å². The minimum absolute atomic E-state index is 0.0613. The van der Waals surface area contributed by atoms with Crippen LogP contribution in [0, 0.1) is 0 Å². The van der Waals surface area contributed by atoms with E-state index in [0.29, 0.717) is 44.4 Å². The van der Waals surface area contributed by atoms with Gasteiger partial charge in [0.25, 0.3) is 5.91 Å². The fourth-order valence-corrected chi connectivity index (χ4v) is 2.42. The van der Waals surface area contributed by atoms with Gasteiger partial charge < -0.3 is 23.8 Å². The van der Waals surface area contributed by atoms with Crippen molar-refractivity contribution in [2.45, 2.75) is 19.8 Å². The summed E-state index contributed by atoms with van der Waals surface area (Å²) in [6, 6.07) is 5.19. The van der Waals surface area contributed by atoms with E-state index >= 15 is 0 Å². The molecule has 1 aromatic carbocycles. The summed E-state index contributed by atoms with van der Waals surface area (Å²) in [5.41, 5.74) is 0.768. The Kier molecular flexibility index (Phi) is 7.53. The summed E-state index contributed by atoms with van der Waals surface area (Å²) in [6.45, 7) is 4.57. The van der Waals surface area contributed by atoms with Gasteiger partial charge in [-0.15, -0.1) is 0 Å². The fraction of sp³-hybridized carbons (Fsp3) is 0.556. The van der Waals surface area contributed by atoms with E-state index in [4.69, 9.17) is 18.9 Å². The molecule has 1 saturated heterocycles. The second kappa shape index (κ2) is 9.88. The molecule has 7 heteroatoms. The molecule has 0 N–H and O–H groups in total. The Morgan fingerprint density at radius 2 is 1.96 bits per heavy atom. The van der Waals surface area contributed by atoms with Crippen molar-refractivity contribution in [2.24, 2.45) is 0 Å². The van der Waals surface area contributed by atoms with Gasteiger partial charge in [0.2, 0.25) is 0 Å². The minimum atomic E-state index is -0.278. The average Bonchev–Trinajstić information content (AvgIpc) is 2.65. The molecule has 0 saturated carbocycles. The lowest BCUT2D eigenvalue weighted by Crippen LogP contribution is -2.43. The number of carbonyl (C=O) groups is 2. The van der Waals surface area contributed by atoms with Crippen LogP contribution < -0.4 is 9.47 Å². The Morgan fingerprint density at radius 3 is 2.64 bits per heavy atom. The van der Waals surface area contributed by atoms with E-state index in [9.17, 15) is 9.59 Å². The van der Waals surface area contributed by atoms with E-state index in [0.717, 1.165) is 12.0 Å². The third-order valence-electron chi connectivity index (χ3n) is 3.76. The summed E-state index contributed by atoms with van der Waals surface area (Å²) in [5, 5.41) is 0. The number of amides is 1. The molecular formula is C18H25NO6. The minimum Gasteiger partial charge on any atom is -0.493 e. The number of hydrogen-bond acceptors (Lipinski definition) is 6. The molecule has 0 unspecified atom stereocenters. The number of ether oxygens (including phenoxy) is 4. The van der Waals surface area contributed by atoms with Gasteiger partial charge in [-0.25, -0.2) is 0 Å². The van der Waals surface area contributed by atoms with E-state index in [1.807, 2.05) is 6.92 Å². The van der Waals surface area contributed by atoms with Crippen molar-refractivity contribution < 1.29 is 28.5 Å². The van der Waals surface area contributed by atoms with Crippen molar-refractivity contribution in [3.63, 3.8) is 0 Å². The summed E-state index contributed by atoms with van der Waals surface area (Å²) in [7, 11) is 1.52. The van der Waals surface area contributed by atoms with Crippen molar-refractivity contribution in [3.05, 3.63) is 23.8 Å². The number of methoxy groups -OCH3 is 1. The van der Waals surface area contributed by atoms with E-state index in [1.54, 1.807) is 23.1 Å². The van der Waals surface area contributed by atoms with Crippen molar-refractivity contribution in [1.29, 1.82) is 0 Å². The molecule has 2 rings (SSSR count). The molecule has 0 aromatic heterocycles. The predicted octanol–water partition coefficient (Wildman–Crippen LogP) is 1.43. The summed E-state index contributed by atoms with van der Waals surface area (Å²) < 4.78 is 21.2. The lowest BCUT2D eigenvalue weighted by atomic mass is 10.1. The first kappa shape index (κ1) is 19.1. The lowest BCUT2D eigenvalue weighted by molar-refractivity contribution is -0.142. The van der Waals surface area contributed by atoms with Crippen LogP contribution in [-0.4, -0.2) is 63.4 Å². The first-order chi connectivity index (χ1) is 12.1. The normalized spacial score (nSPS) is 14.1. The SMILES string of the molecule is CCCOC(=O)Cc1ccc(OCC(=O)N2CCOCC2)c(OC)c1. The second-order valence-electron chi connectivity index (χ2n) is 5.66. The van der Waals surface area contributed by atoms with Crippen molar-refractivity contribution in [2.75, 3.05) is 46.6 Å². The van der Waals surface area contributed by atoms with Crippen LogP contribution in [0.15, 0.2) is 18.2 Å². The lowest BCUT2D eigenvalue weighted by Gasteiger charge is -2.26. The zero-order chi connectivity index (χ0) is 18.1. The monoisotopic (exact) mass is 351 g/mol. The zero-order valence-electron chi connectivity index (χ0n) is 14.8. The Bertz CT molecular complexity index is 583. The van der Waals surface area contributed by atoms with Crippen LogP contribution in [0.5, 0.6) is 11.5 Å². The van der Waals surface area contributed by atoms with Gasteiger partial charge in [-0.05, 0) is 24.1 Å². The Labute approximate surface area is 147 Å². The molecule has 1 aromatic rings. The van der Waals surface area contributed by atoms with Gasteiger partial charge in [-0.1, -0.05) is 13.0 Å². The molecule has 1 aliphatic rings. The van der Waals surface area contributed by atoms with Gasteiger partial charge >= 0.3 is 5.97 Å². The van der Waals surface area contributed by atoms with Crippen molar-refractivity contribution in [1.82, 2.24) is 4.90 Å². The van der Waals surface area contributed by atoms with Gasteiger partial charge in [-0.2, -0.15) is 0 Å². The summed E-state index contributed by atoms with van der Waals surface area (Å²) >= 11 is 0. The van der Waals surface area contributed by atoms with Crippen LogP contribution in [0.2, 0.25) is 0 Å². The maximum atomic E-state index is 12.1. The van der Waals surface area contributed by atoms with Crippen LogP contribution in [-0.2, 0) is 25.5 Å². The number of rotatable bonds is 8. The van der Waals surface area contributed by atoms with Crippen LogP contribution in [0.3, 0.4) is 0 Å². The molecule has 1 aliphatic heterocycles. The largest absolute Gasteiger partial charge is 0.493 e. The summed E-state index contributed by atoms with van der Waals surface area (Å²) in [5.74, 6) is 0.586. The molecule has 0 aliphatic carbocycles. The topological polar surface area (TPSA) is 74.3 Å². The highest BCUT2D eigenvalue weighted by molar-refractivity contribution is 5.78. The highest BCUT2D eigenvalue weighted by atomic mass is 16.5. The first-order valence-corrected chi connectivity index (χ1v) is 8.45. The smallest absolute Gasteiger partial charge is 0.310 e. The molecule has 0 bridgehead atoms. The fourth-order valence-electron chi connectivity index (χ4n) is 2.42. The molecule has 1 fully saturated rings. The molecule has 0 spiro atoms. The summed E-state index contributed by atoms with van der Waals surface area (Å²) in [6.07, 6.45) is 0.961. The van der Waals surface area contributed by atoms with Crippen LogP contribution in [0.1, 0.15) is 18.9 Å². The maximum Gasteiger partial charge on any atom is 0.310 e. The van der Waals surface area contributed by atoms with Crippen molar-refractivity contribution >= 4 is 11.9 Å². The van der Waals surface area contributed by atoms with Gasteiger partial charge in [0.1, 0.15) is 0 Å². The van der Waals surface area contributed by atoms with Crippen LogP contribution in [0.4, 0.5) is 0 Å². The summed E-state index contributed by atoms with van der Waals surface area (Å²) in [4.78, 5) is 25.5. The Hall–Kier alpha value is -2.28. The first-order valence-electron chi connectivity index (χ1n) is 8.45. The molecule has 138 valence electrons. The van der Waals surface area contributed by atoms with Crippen LogP contribution in [0.25, 0.3) is 0 Å². The molecule has 1 heterocycles. The maximum absolute atomic E-state index is 12.1.